The fourth-order valence-electron chi connectivity index (χ4n) is 1.98. The number of aromatic nitrogens is 2. The molecule has 0 fully saturated rings. The Hall–Kier alpha value is -1.40. The number of methoxy groups -OCH3 is 1. The Morgan fingerprint density at radius 2 is 2.21 bits per heavy atom. The summed E-state index contributed by atoms with van der Waals surface area (Å²) in [7, 11) is 3.39. The van der Waals surface area contributed by atoms with Gasteiger partial charge < -0.3 is 10.5 Å². The zero-order valence-corrected chi connectivity index (χ0v) is 12.4. The Bertz CT molecular complexity index is 598. The lowest BCUT2D eigenvalue weighted by Gasteiger charge is -2.06. The quantitative estimate of drug-likeness (QED) is 0.938. The summed E-state index contributed by atoms with van der Waals surface area (Å²) in [5.41, 5.74) is 7.83. The van der Waals surface area contributed by atoms with Gasteiger partial charge in [0.15, 0.2) is 0 Å². The average molecular weight is 328 g/mol. The minimum Gasteiger partial charge on any atom is -0.496 e. The van der Waals surface area contributed by atoms with Gasteiger partial charge in [-0.25, -0.2) is 4.39 Å². The number of benzene rings is 1. The van der Waals surface area contributed by atoms with Gasteiger partial charge in [-0.05, 0) is 40.7 Å². The van der Waals surface area contributed by atoms with Gasteiger partial charge in [-0.3, -0.25) is 4.68 Å². The van der Waals surface area contributed by atoms with E-state index in [-0.39, 0.29) is 5.82 Å². The second-order valence-corrected chi connectivity index (χ2v) is 4.91. The minimum atomic E-state index is -0.325. The largest absolute Gasteiger partial charge is 0.496 e. The van der Waals surface area contributed by atoms with Gasteiger partial charge in [0.05, 0.1) is 17.3 Å². The van der Waals surface area contributed by atoms with E-state index in [0.717, 1.165) is 10.2 Å². The molecule has 1 heterocycles. The Kier molecular flexibility index (Phi) is 4.21. The first-order valence-electron chi connectivity index (χ1n) is 5.83. The monoisotopic (exact) mass is 327 g/mol. The van der Waals surface area contributed by atoms with Crippen molar-refractivity contribution in [3.63, 3.8) is 0 Å². The lowest BCUT2D eigenvalue weighted by atomic mass is 10.1. The molecule has 0 unspecified atom stereocenters. The third-order valence-corrected chi connectivity index (χ3v) is 3.73. The summed E-state index contributed by atoms with van der Waals surface area (Å²) in [4.78, 5) is 0. The SMILES string of the molecule is COc1ccc(F)cc1-c1nn(C)c(CCN)c1Br. The minimum absolute atomic E-state index is 0.325. The molecule has 0 aliphatic rings. The Labute approximate surface area is 119 Å². The van der Waals surface area contributed by atoms with Crippen molar-refractivity contribution in [2.24, 2.45) is 12.8 Å². The Balaban J connectivity index is 2.59. The lowest BCUT2D eigenvalue weighted by Crippen LogP contribution is -2.07. The predicted octanol–water partition coefficient (Wildman–Crippen LogP) is 2.50. The van der Waals surface area contributed by atoms with Crippen molar-refractivity contribution in [3.05, 3.63) is 34.2 Å². The highest BCUT2D eigenvalue weighted by Crippen LogP contribution is 2.36. The predicted molar refractivity (Wildman–Crippen MR) is 75.6 cm³/mol. The fourth-order valence-corrected chi connectivity index (χ4v) is 2.73. The van der Waals surface area contributed by atoms with Gasteiger partial charge in [-0.2, -0.15) is 5.10 Å². The molecule has 0 aliphatic heterocycles. The average Bonchev–Trinajstić information content (AvgIpc) is 2.67. The molecular weight excluding hydrogens is 313 g/mol. The lowest BCUT2D eigenvalue weighted by molar-refractivity contribution is 0.415. The van der Waals surface area contributed by atoms with E-state index in [1.54, 1.807) is 17.9 Å². The molecule has 2 aromatic rings. The molecule has 19 heavy (non-hydrogen) atoms. The van der Waals surface area contributed by atoms with Crippen LogP contribution >= 0.6 is 15.9 Å². The summed E-state index contributed by atoms with van der Waals surface area (Å²) in [6, 6.07) is 4.37. The van der Waals surface area contributed by atoms with Gasteiger partial charge >= 0.3 is 0 Å². The van der Waals surface area contributed by atoms with Crippen molar-refractivity contribution in [3.8, 4) is 17.0 Å². The molecule has 1 aromatic heterocycles. The third-order valence-electron chi connectivity index (χ3n) is 2.90. The molecule has 102 valence electrons. The van der Waals surface area contributed by atoms with Crippen molar-refractivity contribution in [1.82, 2.24) is 9.78 Å². The summed E-state index contributed by atoms with van der Waals surface area (Å²) in [5.74, 6) is 0.258. The number of nitrogens with two attached hydrogens (primary N) is 1. The zero-order valence-electron chi connectivity index (χ0n) is 10.8. The summed E-state index contributed by atoms with van der Waals surface area (Å²) in [5, 5.41) is 4.42. The van der Waals surface area contributed by atoms with Crippen molar-refractivity contribution in [1.29, 1.82) is 0 Å². The molecule has 0 spiro atoms. The van der Waals surface area contributed by atoms with Gasteiger partial charge in [0.1, 0.15) is 17.3 Å². The summed E-state index contributed by atoms with van der Waals surface area (Å²) >= 11 is 3.51. The molecule has 0 saturated carbocycles. The molecule has 2 rings (SSSR count). The molecule has 0 amide bonds. The summed E-state index contributed by atoms with van der Waals surface area (Å²) < 4.78 is 21.3. The van der Waals surface area contributed by atoms with E-state index in [9.17, 15) is 4.39 Å². The van der Waals surface area contributed by atoms with Gasteiger partial charge in [-0.1, -0.05) is 0 Å². The standard InChI is InChI=1S/C13H15BrFN3O/c1-18-10(5-6-16)12(14)13(17-18)9-7-8(15)3-4-11(9)19-2/h3-4,7H,5-6,16H2,1-2H3. The second-order valence-electron chi connectivity index (χ2n) is 4.12. The van der Waals surface area contributed by atoms with Gasteiger partial charge in [-0.15, -0.1) is 0 Å². The maximum atomic E-state index is 13.4. The first-order chi connectivity index (χ1) is 9.08. The van der Waals surface area contributed by atoms with Crippen LogP contribution in [-0.4, -0.2) is 23.4 Å². The molecule has 0 bridgehead atoms. The van der Waals surface area contributed by atoms with E-state index in [2.05, 4.69) is 21.0 Å². The smallest absolute Gasteiger partial charge is 0.128 e. The van der Waals surface area contributed by atoms with E-state index in [1.165, 1.54) is 12.1 Å². The van der Waals surface area contributed by atoms with Crippen molar-refractivity contribution >= 4 is 15.9 Å². The van der Waals surface area contributed by atoms with E-state index in [4.69, 9.17) is 10.5 Å². The van der Waals surface area contributed by atoms with Crippen LogP contribution in [0.15, 0.2) is 22.7 Å². The van der Waals surface area contributed by atoms with Gasteiger partial charge in [0, 0.05) is 19.0 Å². The van der Waals surface area contributed by atoms with Gasteiger partial charge in [0.2, 0.25) is 0 Å². The highest BCUT2D eigenvalue weighted by Gasteiger charge is 2.18. The maximum absolute atomic E-state index is 13.4. The molecule has 4 nitrogen and oxygen atoms in total. The van der Waals surface area contributed by atoms with Crippen LogP contribution < -0.4 is 10.5 Å². The van der Waals surface area contributed by atoms with E-state index in [0.29, 0.717) is 30.0 Å². The highest BCUT2D eigenvalue weighted by atomic mass is 79.9. The van der Waals surface area contributed by atoms with Crippen LogP contribution in [0.25, 0.3) is 11.3 Å². The normalized spacial score (nSPS) is 10.8. The Morgan fingerprint density at radius 1 is 1.47 bits per heavy atom. The van der Waals surface area contributed by atoms with Crippen LogP contribution in [0, 0.1) is 5.82 Å². The third kappa shape index (κ3) is 2.64. The van der Waals surface area contributed by atoms with Crippen LogP contribution in [0.1, 0.15) is 5.69 Å². The molecule has 0 saturated heterocycles. The van der Waals surface area contributed by atoms with Crippen LogP contribution in [0.3, 0.4) is 0 Å². The van der Waals surface area contributed by atoms with E-state index >= 15 is 0 Å². The molecule has 0 aliphatic carbocycles. The summed E-state index contributed by atoms with van der Waals surface area (Å²) in [6.45, 7) is 0.526. The van der Waals surface area contributed by atoms with Crippen molar-refractivity contribution < 1.29 is 9.13 Å². The number of hydrogen-bond acceptors (Lipinski definition) is 3. The molecular formula is C13H15BrFN3O. The molecule has 6 heteroatoms. The number of rotatable bonds is 4. The Morgan fingerprint density at radius 3 is 2.84 bits per heavy atom. The number of nitrogens with zero attached hydrogens (tertiary/aromatic N) is 2. The molecule has 0 atom stereocenters. The number of hydrogen-bond donors (Lipinski definition) is 1. The van der Waals surface area contributed by atoms with Gasteiger partial charge in [0.25, 0.3) is 0 Å². The highest BCUT2D eigenvalue weighted by molar-refractivity contribution is 9.10. The maximum Gasteiger partial charge on any atom is 0.128 e. The van der Waals surface area contributed by atoms with E-state index < -0.39 is 0 Å². The number of aryl methyl sites for hydroxylation is 1. The van der Waals surface area contributed by atoms with Crippen LogP contribution in [-0.2, 0) is 13.5 Å². The second kappa shape index (κ2) is 5.71. The number of ether oxygens (including phenoxy) is 1. The fraction of sp³-hybridized carbons (Fsp3) is 0.308. The molecule has 2 N–H and O–H groups in total. The summed E-state index contributed by atoms with van der Waals surface area (Å²) in [6.07, 6.45) is 0.696. The van der Waals surface area contributed by atoms with Crippen LogP contribution in [0.4, 0.5) is 4.39 Å². The number of halogens is 2. The van der Waals surface area contributed by atoms with Crippen molar-refractivity contribution in [2.75, 3.05) is 13.7 Å². The topological polar surface area (TPSA) is 53.1 Å². The van der Waals surface area contributed by atoms with Crippen molar-refractivity contribution in [2.45, 2.75) is 6.42 Å². The van der Waals surface area contributed by atoms with Crippen LogP contribution in [0.5, 0.6) is 5.75 Å². The first-order valence-corrected chi connectivity index (χ1v) is 6.63. The van der Waals surface area contributed by atoms with Crippen LogP contribution in [0.2, 0.25) is 0 Å². The molecule has 0 radical (unpaired) electrons. The van der Waals surface area contributed by atoms with E-state index in [1.807, 2.05) is 7.05 Å². The zero-order chi connectivity index (χ0) is 14.0. The molecule has 1 aromatic carbocycles. The first kappa shape index (κ1) is 14.0.